The van der Waals surface area contributed by atoms with Crippen LogP contribution in [-0.2, 0) is 12.7 Å². The van der Waals surface area contributed by atoms with Crippen molar-refractivity contribution in [1.29, 1.82) is 0 Å². The van der Waals surface area contributed by atoms with Crippen molar-refractivity contribution in [3.63, 3.8) is 0 Å². The minimum absolute atomic E-state index is 0.120. The van der Waals surface area contributed by atoms with Crippen LogP contribution in [0.2, 0.25) is 0 Å². The number of nitrogens with zero attached hydrogens (tertiary/aromatic N) is 2. The van der Waals surface area contributed by atoms with Gasteiger partial charge in [0.2, 0.25) is 0 Å². The largest absolute Gasteiger partial charge is 0.416 e. The molecule has 0 amide bonds. The van der Waals surface area contributed by atoms with Crippen molar-refractivity contribution in [2.45, 2.75) is 42.7 Å². The molecule has 1 aromatic heterocycles. The first-order chi connectivity index (χ1) is 9.86. The van der Waals surface area contributed by atoms with Crippen LogP contribution in [0.1, 0.15) is 25.0 Å². The number of benzene rings is 1. The molecule has 0 atom stereocenters. The molecular formula is C13H15F3N4S. The molecule has 1 heterocycles. The summed E-state index contributed by atoms with van der Waals surface area (Å²) in [6.45, 7) is 3.96. The molecule has 21 heavy (non-hydrogen) atoms. The Labute approximate surface area is 124 Å². The van der Waals surface area contributed by atoms with E-state index in [1.807, 2.05) is 13.8 Å². The first-order valence-corrected chi connectivity index (χ1v) is 7.14. The van der Waals surface area contributed by atoms with Crippen LogP contribution in [0.4, 0.5) is 13.2 Å². The second-order valence-corrected chi connectivity index (χ2v) is 5.81. The van der Waals surface area contributed by atoms with E-state index in [2.05, 4.69) is 20.5 Å². The number of nitrogens with one attached hydrogen (secondary N) is 2. The Balaban J connectivity index is 2.26. The average molecular weight is 316 g/mol. The molecule has 0 saturated heterocycles. The van der Waals surface area contributed by atoms with Crippen molar-refractivity contribution in [3.8, 4) is 0 Å². The molecule has 2 aromatic rings. The fourth-order valence-corrected chi connectivity index (χ4v) is 2.44. The lowest BCUT2D eigenvalue weighted by Crippen LogP contribution is -2.23. The van der Waals surface area contributed by atoms with Crippen LogP contribution >= 0.6 is 11.8 Å². The average Bonchev–Trinajstić information content (AvgIpc) is 2.89. The van der Waals surface area contributed by atoms with Crippen molar-refractivity contribution in [2.24, 2.45) is 0 Å². The lowest BCUT2D eigenvalue weighted by Gasteiger charge is -2.16. The Morgan fingerprint density at radius 1 is 1.33 bits per heavy atom. The minimum Gasteiger partial charge on any atom is -0.310 e. The van der Waals surface area contributed by atoms with E-state index in [1.54, 1.807) is 6.07 Å². The summed E-state index contributed by atoms with van der Waals surface area (Å²) in [7, 11) is 0. The third kappa shape index (κ3) is 4.47. The van der Waals surface area contributed by atoms with Crippen LogP contribution in [0.25, 0.3) is 0 Å². The molecule has 0 aliphatic carbocycles. The Morgan fingerprint density at radius 2 is 2.10 bits per heavy atom. The quantitative estimate of drug-likeness (QED) is 0.887. The number of hydrogen-bond acceptors (Lipinski definition) is 4. The molecule has 1 aromatic carbocycles. The SMILES string of the molecule is CC(C)NCc1ccc(Sc2ncn[nH]2)cc1C(F)(F)F. The van der Waals surface area contributed by atoms with Crippen LogP contribution in [-0.4, -0.2) is 21.2 Å². The first kappa shape index (κ1) is 15.8. The van der Waals surface area contributed by atoms with E-state index in [1.165, 1.54) is 12.4 Å². The maximum Gasteiger partial charge on any atom is 0.416 e. The molecule has 0 aliphatic rings. The Kier molecular flexibility index (Phi) is 4.89. The number of hydrogen-bond donors (Lipinski definition) is 2. The Morgan fingerprint density at radius 3 is 2.67 bits per heavy atom. The molecule has 0 bridgehead atoms. The predicted molar refractivity (Wildman–Crippen MR) is 73.9 cm³/mol. The second-order valence-electron chi connectivity index (χ2n) is 4.75. The third-order valence-corrected chi connectivity index (χ3v) is 3.57. The van der Waals surface area contributed by atoms with Gasteiger partial charge in [-0.05, 0) is 17.7 Å². The molecule has 8 heteroatoms. The van der Waals surface area contributed by atoms with E-state index >= 15 is 0 Å². The summed E-state index contributed by atoms with van der Waals surface area (Å²) in [5.74, 6) is 0. The highest BCUT2D eigenvalue weighted by atomic mass is 32.2. The molecule has 0 spiro atoms. The van der Waals surface area contributed by atoms with Gasteiger partial charge in [0.25, 0.3) is 0 Å². The van der Waals surface area contributed by atoms with E-state index in [-0.39, 0.29) is 18.2 Å². The Bertz CT molecular complexity index is 582. The van der Waals surface area contributed by atoms with Gasteiger partial charge in [-0.3, -0.25) is 5.10 Å². The molecule has 114 valence electrons. The number of rotatable bonds is 5. The van der Waals surface area contributed by atoms with Crippen molar-refractivity contribution < 1.29 is 13.2 Å². The van der Waals surface area contributed by atoms with Crippen LogP contribution in [0.5, 0.6) is 0 Å². The van der Waals surface area contributed by atoms with Crippen molar-refractivity contribution in [1.82, 2.24) is 20.5 Å². The lowest BCUT2D eigenvalue weighted by molar-refractivity contribution is -0.138. The standard InChI is InChI=1S/C13H15F3N4S/c1-8(2)17-6-9-3-4-10(5-11(9)13(14,15)16)21-12-18-7-19-20-12/h3-5,7-8,17H,6H2,1-2H3,(H,18,19,20). The van der Waals surface area contributed by atoms with Crippen molar-refractivity contribution in [3.05, 3.63) is 35.7 Å². The zero-order valence-corrected chi connectivity index (χ0v) is 12.3. The van der Waals surface area contributed by atoms with Crippen LogP contribution in [0.15, 0.2) is 34.6 Å². The van der Waals surface area contributed by atoms with Gasteiger partial charge < -0.3 is 5.32 Å². The third-order valence-electron chi connectivity index (χ3n) is 2.69. The highest BCUT2D eigenvalue weighted by molar-refractivity contribution is 7.99. The van der Waals surface area contributed by atoms with Gasteiger partial charge >= 0.3 is 6.18 Å². The number of halogens is 3. The summed E-state index contributed by atoms with van der Waals surface area (Å²) in [6, 6.07) is 4.41. The molecule has 0 saturated carbocycles. The summed E-state index contributed by atoms with van der Waals surface area (Å²) < 4.78 is 39.5. The molecular weight excluding hydrogens is 301 g/mol. The zero-order chi connectivity index (χ0) is 15.5. The van der Waals surface area contributed by atoms with Crippen molar-refractivity contribution >= 4 is 11.8 Å². The molecule has 2 rings (SSSR count). The molecule has 2 N–H and O–H groups in total. The van der Waals surface area contributed by atoms with Gasteiger partial charge in [0.1, 0.15) is 6.33 Å². The normalized spacial score (nSPS) is 12.1. The summed E-state index contributed by atoms with van der Waals surface area (Å²) in [5, 5.41) is 9.73. The van der Waals surface area contributed by atoms with Crippen LogP contribution in [0.3, 0.4) is 0 Å². The minimum atomic E-state index is -4.38. The summed E-state index contributed by atoms with van der Waals surface area (Å²) in [4.78, 5) is 4.35. The van der Waals surface area contributed by atoms with E-state index < -0.39 is 11.7 Å². The summed E-state index contributed by atoms with van der Waals surface area (Å²) in [6.07, 6.45) is -3.07. The highest BCUT2D eigenvalue weighted by Crippen LogP contribution is 2.35. The molecule has 0 fully saturated rings. The van der Waals surface area contributed by atoms with Gasteiger partial charge in [-0.25, -0.2) is 4.98 Å². The van der Waals surface area contributed by atoms with Crippen molar-refractivity contribution in [2.75, 3.05) is 0 Å². The summed E-state index contributed by atoms with van der Waals surface area (Å²) in [5.41, 5.74) is -0.390. The highest BCUT2D eigenvalue weighted by Gasteiger charge is 2.33. The zero-order valence-electron chi connectivity index (χ0n) is 11.5. The number of H-pyrrole nitrogens is 1. The van der Waals surface area contributed by atoms with E-state index in [0.29, 0.717) is 10.1 Å². The summed E-state index contributed by atoms with van der Waals surface area (Å²) >= 11 is 1.11. The van der Waals surface area contributed by atoms with Crippen LogP contribution in [0, 0.1) is 0 Å². The number of alkyl halides is 3. The lowest BCUT2D eigenvalue weighted by atomic mass is 10.1. The van der Waals surface area contributed by atoms with Gasteiger partial charge in [-0.1, -0.05) is 31.7 Å². The predicted octanol–water partition coefficient (Wildman–Crippen LogP) is 3.47. The van der Waals surface area contributed by atoms with E-state index in [0.717, 1.165) is 17.8 Å². The fraction of sp³-hybridized carbons (Fsp3) is 0.385. The molecule has 0 unspecified atom stereocenters. The van der Waals surface area contributed by atoms with Gasteiger partial charge in [-0.2, -0.15) is 18.3 Å². The second kappa shape index (κ2) is 6.48. The smallest absolute Gasteiger partial charge is 0.310 e. The maximum atomic E-state index is 13.2. The topological polar surface area (TPSA) is 53.6 Å². The first-order valence-electron chi connectivity index (χ1n) is 6.33. The molecule has 4 nitrogen and oxygen atoms in total. The van der Waals surface area contributed by atoms with Gasteiger partial charge in [0.05, 0.1) is 5.56 Å². The van der Waals surface area contributed by atoms with Crippen LogP contribution < -0.4 is 5.32 Å². The monoisotopic (exact) mass is 316 g/mol. The fourth-order valence-electron chi connectivity index (χ4n) is 1.71. The molecule has 0 radical (unpaired) electrons. The van der Waals surface area contributed by atoms with Gasteiger partial charge in [-0.15, -0.1) is 0 Å². The number of aromatic amines is 1. The van der Waals surface area contributed by atoms with Gasteiger partial charge in [0.15, 0.2) is 5.16 Å². The van der Waals surface area contributed by atoms with E-state index in [9.17, 15) is 13.2 Å². The van der Waals surface area contributed by atoms with Gasteiger partial charge in [0, 0.05) is 17.5 Å². The molecule has 0 aliphatic heterocycles. The maximum absolute atomic E-state index is 13.2. The Hall–Kier alpha value is -1.54. The number of aromatic nitrogens is 3. The van der Waals surface area contributed by atoms with E-state index in [4.69, 9.17) is 0 Å².